The quantitative estimate of drug-likeness (QED) is 0.888. The zero-order valence-corrected chi connectivity index (χ0v) is 14.6. The highest BCUT2D eigenvalue weighted by atomic mass is 15.3. The Labute approximate surface area is 130 Å². The van der Waals surface area contributed by atoms with Gasteiger partial charge in [0, 0.05) is 30.8 Å². The van der Waals surface area contributed by atoms with Crippen LogP contribution in [-0.4, -0.2) is 16.3 Å². The van der Waals surface area contributed by atoms with Gasteiger partial charge in [0.1, 0.15) is 0 Å². The lowest BCUT2D eigenvalue weighted by molar-refractivity contribution is 0.262. The fourth-order valence-corrected chi connectivity index (χ4v) is 3.55. The van der Waals surface area contributed by atoms with Gasteiger partial charge in [0.15, 0.2) is 0 Å². The Morgan fingerprint density at radius 1 is 1.19 bits per heavy atom. The number of aryl methyl sites for hydroxylation is 1. The van der Waals surface area contributed by atoms with Crippen molar-refractivity contribution < 1.29 is 0 Å². The number of rotatable bonds is 5. The molecule has 1 saturated carbocycles. The highest BCUT2D eigenvalue weighted by Gasteiger charge is 2.22. The second-order valence-electron chi connectivity index (χ2n) is 7.85. The Hall–Kier alpha value is -0.830. The molecule has 120 valence electrons. The molecule has 1 aromatic heterocycles. The first-order chi connectivity index (χ1) is 9.90. The fourth-order valence-electron chi connectivity index (χ4n) is 3.55. The van der Waals surface area contributed by atoms with Crippen LogP contribution in [0, 0.1) is 11.8 Å². The van der Waals surface area contributed by atoms with E-state index in [2.05, 4.69) is 44.3 Å². The number of nitrogens with zero attached hydrogens (tertiary/aromatic N) is 2. The molecule has 1 aliphatic carbocycles. The maximum atomic E-state index is 4.64. The molecule has 1 fully saturated rings. The van der Waals surface area contributed by atoms with Gasteiger partial charge < -0.3 is 5.32 Å². The van der Waals surface area contributed by atoms with Crippen LogP contribution in [-0.2, 0) is 19.0 Å². The van der Waals surface area contributed by atoms with E-state index in [0.29, 0.717) is 0 Å². The van der Waals surface area contributed by atoms with Crippen molar-refractivity contribution in [1.82, 2.24) is 15.1 Å². The molecular formula is C18H33N3. The molecule has 1 aliphatic rings. The van der Waals surface area contributed by atoms with Gasteiger partial charge in [0.05, 0.1) is 5.69 Å². The monoisotopic (exact) mass is 291 g/mol. The molecule has 0 amide bonds. The van der Waals surface area contributed by atoms with Crippen molar-refractivity contribution in [1.29, 1.82) is 0 Å². The van der Waals surface area contributed by atoms with Gasteiger partial charge >= 0.3 is 0 Å². The molecule has 0 bridgehead atoms. The number of hydrogen-bond acceptors (Lipinski definition) is 2. The second-order valence-corrected chi connectivity index (χ2v) is 7.85. The number of nitrogens with one attached hydrogen (secondary N) is 1. The molecule has 21 heavy (non-hydrogen) atoms. The van der Waals surface area contributed by atoms with Crippen LogP contribution in [0.15, 0.2) is 6.20 Å². The molecule has 0 saturated heterocycles. The van der Waals surface area contributed by atoms with Gasteiger partial charge in [-0.2, -0.15) is 5.10 Å². The molecule has 0 spiro atoms. The highest BCUT2D eigenvalue weighted by molar-refractivity contribution is 5.23. The summed E-state index contributed by atoms with van der Waals surface area (Å²) in [5, 5.41) is 8.32. The fraction of sp³-hybridized carbons (Fsp3) is 0.833. The Balaban J connectivity index is 1.82. The van der Waals surface area contributed by atoms with Crippen LogP contribution in [0.2, 0.25) is 0 Å². The molecule has 0 radical (unpaired) electrons. The van der Waals surface area contributed by atoms with Crippen molar-refractivity contribution in [2.75, 3.05) is 6.54 Å². The lowest BCUT2D eigenvalue weighted by Gasteiger charge is -2.28. The molecule has 0 unspecified atom stereocenters. The van der Waals surface area contributed by atoms with Crippen LogP contribution in [0.1, 0.15) is 71.1 Å². The first-order valence-corrected chi connectivity index (χ1v) is 8.63. The van der Waals surface area contributed by atoms with Gasteiger partial charge in [-0.3, -0.25) is 4.68 Å². The summed E-state index contributed by atoms with van der Waals surface area (Å²) in [6.45, 7) is 11.2. The summed E-state index contributed by atoms with van der Waals surface area (Å²) in [5.41, 5.74) is 2.71. The minimum absolute atomic E-state index is 0.122. The second kappa shape index (κ2) is 6.95. The van der Waals surface area contributed by atoms with Crippen LogP contribution in [0.3, 0.4) is 0 Å². The number of hydrogen-bond donors (Lipinski definition) is 1. The lowest BCUT2D eigenvalue weighted by Crippen LogP contribution is -2.27. The normalized spacial score (nSPS) is 23.5. The minimum atomic E-state index is 0.122. The van der Waals surface area contributed by atoms with E-state index in [1.54, 1.807) is 0 Å². The predicted molar refractivity (Wildman–Crippen MR) is 89.4 cm³/mol. The Kier molecular flexibility index (Phi) is 5.48. The molecule has 0 aromatic carbocycles. The first kappa shape index (κ1) is 16.5. The van der Waals surface area contributed by atoms with Gasteiger partial charge in [-0.25, -0.2) is 0 Å². The molecule has 3 heteroatoms. The SMILES string of the molecule is CCC1CCC(CNCc2cn(C)nc2C(C)(C)C)CC1. The molecule has 1 aromatic rings. The van der Waals surface area contributed by atoms with E-state index in [-0.39, 0.29) is 5.41 Å². The maximum Gasteiger partial charge on any atom is 0.0722 e. The van der Waals surface area contributed by atoms with Crippen LogP contribution >= 0.6 is 0 Å². The minimum Gasteiger partial charge on any atom is -0.312 e. The summed E-state index contributed by atoms with van der Waals surface area (Å²) < 4.78 is 1.95. The van der Waals surface area contributed by atoms with Gasteiger partial charge in [0.2, 0.25) is 0 Å². The summed E-state index contributed by atoms with van der Waals surface area (Å²) in [7, 11) is 2.02. The van der Waals surface area contributed by atoms with Crippen LogP contribution in [0.4, 0.5) is 0 Å². The Bertz CT molecular complexity index is 434. The van der Waals surface area contributed by atoms with Crippen molar-refractivity contribution in [3.05, 3.63) is 17.5 Å². The molecule has 2 rings (SSSR count). The molecule has 3 nitrogen and oxygen atoms in total. The standard InChI is InChI=1S/C18H33N3/c1-6-14-7-9-15(10-8-14)11-19-12-16-13-21(5)20-17(16)18(2,3)4/h13-15,19H,6-12H2,1-5H3. The average Bonchev–Trinajstić information content (AvgIpc) is 2.81. The molecule has 0 aliphatic heterocycles. The first-order valence-electron chi connectivity index (χ1n) is 8.63. The Morgan fingerprint density at radius 2 is 1.81 bits per heavy atom. The third-order valence-corrected chi connectivity index (χ3v) is 4.91. The predicted octanol–water partition coefficient (Wildman–Crippen LogP) is 4.02. The van der Waals surface area contributed by atoms with E-state index < -0.39 is 0 Å². The average molecular weight is 291 g/mol. The van der Waals surface area contributed by atoms with Crippen LogP contribution in [0.5, 0.6) is 0 Å². The summed E-state index contributed by atoms with van der Waals surface area (Å²) in [6, 6.07) is 0. The summed E-state index contributed by atoms with van der Waals surface area (Å²) in [5.74, 6) is 1.87. The van der Waals surface area contributed by atoms with Gasteiger partial charge in [-0.15, -0.1) is 0 Å². The van der Waals surface area contributed by atoms with Gasteiger partial charge in [-0.1, -0.05) is 47.0 Å². The topological polar surface area (TPSA) is 29.9 Å². The highest BCUT2D eigenvalue weighted by Crippen LogP contribution is 2.30. The molecular weight excluding hydrogens is 258 g/mol. The summed E-state index contributed by atoms with van der Waals surface area (Å²) in [4.78, 5) is 0. The van der Waals surface area contributed by atoms with E-state index >= 15 is 0 Å². The smallest absolute Gasteiger partial charge is 0.0722 e. The van der Waals surface area contributed by atoms with Crippen molar-refractivity contribution in [2.24, 2.45) is 18.9 Å². The third-order valence-electron chi connectivity index (χ3n) is 4.91. The van der Waals surface area contributed by atoms with Gasteiger partial charge in [0.25, 0.3) is 0 Å². The zero-order chi connectivity index (χ0) is 15.5. The van der Waals surface area contributed by atoms with Crippen molar-refractivity contribution in [2.45, 2.75) is 71.8 Å². The Morgan fingerprint density at radius 3 is 2.38 bits per heavy atom. The van der Waals surface area contributed by atoms with Crippen LogP contribution < -0.4 is 5.32 Å². The van der Waals surface area contributed by atoms with Gasteiger partial charge in [-0.05, 0) is 31.2 Å². The zero-order valence-electron chi connectivity index (χ0n) is 14.6. The van der Waals surface area contributed by atoms with Crippen molar-refractivity contribution in [3.63, 3.8) is 0 Å². The lowest BCUT2D eigenvalue weighted by atomic mass is 9.81. The van der Waals surface area contributed by atoms with E-state index in [1.165, 1.54) is 43.4 Å². The van der Waals surface area contributed by atoms with E-state index in [1.807, 2.05) is 11.7 Å². The van der Waals surface area contributed by atoms with Crippen LogP contribution in [0.25, 0.3) is 0 Å². The summed E-state index contributed by atoms with van der Waals surface area (Å²) >= 11 is 0. The largest absolute Gasteiger partial charge is 0.312 e. The summed E-state index contributed by atoms with van der Waals surface area (Å²) in [6.07, 6.45) is 9.22. The molecule has 0 atom stereocenters. The number of aromatic nitrogens is 2. The van der Waals surface area contributed by atoms with Crippen molar-refractivity contribution in [3.8, 4) is 0 Å². The van der Waals surface area contributed by atoms with E-state index in [4.69, 9.17) is 0 Å². The molecule has 1 heterocycles. The third kappa shape index (κ3) is 4.57. The molecule has 1 N–H and O–H groups in total. The van der Waals surface area contributed by atoms with E-state index in [9.17, 15) is 0 Å². The maximum absolute atomic E-state index is 4.64. The van der Waals surface area contributed by atoms with E-state index in [0.717, 1.165) is 24.9 Å². The van der Waals surface area contributed by atoms with Crippen molar-refractivity contribution >= 4 is 0 Å².